The van der Waals surface area contributed by atoms with Gasteiger partial charge in [0.2, 0.25) is 0 Å². The van der Waals surface area contributed by atoms with Gasteiger partial charge in [-0.1, -0.05) is 13.3 Å². The van der Waals surface area contributed by atoms with Crippen LogP contribution in [0, 0.1) is 0 Å². The summed E-state index contributed by atoms with van der Waals surface area (Å²) in [4.78, 5) is 11.0. The molecule has 0 fully saturated rings. The molecule has 3 unspecified atom stereocenters. The van der Waals surface area contributed by atoms with E-state index in [0.29, 0.717) is 6.42 Å². The molecule has 0 heterocycles. The van der Waals surface area contributed by atoms with Crippen LogP contribution in [-0.2, 0) is 15.6 Å². The lowest BCUT2D eigenvalue weighted by Crippen LogP contribution is -2.51. The summed E-state index contributed by atoms with van der Waals surface area (Å²) >= 11 is 1.61. The molecule has 0 rings (SSSR count). The molecule has 0 aliphatic rings. The molecule has 0 aromatic heterocycles. The lowest BCUT2D eigenvalue weighted by atomic mass is 10.2. The predicted octanol–water partition coefficient (Wildman–Crippen LogP) is 0.792. The Morgan fingerprint density at radius 2 is 2.06 bits per heavy atom. The Hall–Kier alpha value is -0.110. The number of aliphatic carboxylic acids is 1. The monoisotopic (exact) mass is 282 g/mol. The second kappa shape index (κ2) is 9.87. The summed E-state index contributed by atoms with van der Waals surface area (Å²) < 4.78 is 11.4. The van der Waals surface area contributed by atoms with Crippen LogP contribution in [0.5, 0.6) is 0 Å². The molecule has 7 heteroatoms. The smallest absolute Gasteiger partial charge is 0.322 e. The van der Waals surface area contributed by atoms with E-state index in [0.717, 1.165) is 18.6 Å². The minimum Gasteiger partial charge on any atom is -0.480 e. The highest BCUT2D eigenvalue weighted by atomic mass is 32.2. The van der Waals surface area contributed by atoms with Crippen molar-refractivity contribution in [1.82, 2.24) is 10.9 Å². The number of carbonyl (C=O) groups is 1. The van der Waals surface area contributed by atoms with Crippen molar-refractivity contribution in [3.63, 3.8) is 0 Å². The molecule has 0 aliphatic heterocycles. The Morgan fingerprint density at radius 3 is 2.47 bits per heavy atom. The third-order valence-corrected chi connectivity index (χ3v) is 4.08. The first kappa shape index (κ1) is 16.9. The van der Waals surface area contributed by atoms with Gasteiger partial charge in [0, 0.05) is 17.1 Å². The molecule has 0 radical (unpaired) electrons. The number of hydrazine groups is 1. The highest BCUT2D eigenvalue weighted by Crippen LogP contribution is 2.02. The third kappa shape index (κ3) is 7.75. The number of nitrogens with one attached hydrogen (secondary N) is 2. The molecule has 0 saturated carbocycles. The van der Waals surface area contributed by atoms with Crippen molar-refractivity contribution in [2.75, 3.05) is 18.3 Å². The molecule has 0 aromatic rings. The Bertz CT molecular complexity index is 252. The molecule has 3 N–H and O–H groups in total. The van der Waals surface area contributed by atoms with E-state index in [1.807, 2.05) is 13.2 Å². The molecule has 0 aliphatic carbocycles. The first-order valence-electron chi connectivity index (χ1n) is 5.57. The fourth-order valence-corrected chi connectivity index (χ4v) is 2.54. The van der Waals surface area contributed by atoms with E-state index >= 15 is 0 Å². The Kier molecular flexibility index (Phi) is 9.81. The standard InChI is InChI=1S/C10H22N2O3S2/c1-4-5-9(17(3)15)12-11-8(10(13)14)6-7-16-2/h8-9,11-12H,4-7H2,1-3H3,(H,13,14). The van der Waals surface area contributed by atoms with Gasteiger partial charge < -0.3 is 5.11 Å². The van der Waals surface area contributed by atoms with Gasteiger partial charge in [-0.3, -0.25) is 9.00 Å². The normalized spacial score (nSPS) is 16.4. The number of hydrogen-bond acceptors (Lipinski definition) is 5. The second-order valence-corrected chi connectivity index (χ2v) is 6.29. The van der Waals surface area contributed by atoms with Crippen molar-refractivity contribution in [1.29, 1.82) is 0 Å². The topological polar surface area (TPSA) is 78.4 Å². The number of thioether (sulfide) groups is 1. The molecule has 0 aromatic carbocycles. The van der Waals surface area contributed by atoms with Crippen LogP contribution in [0.4, 0.5) is 0 Å². The van der Waals surface area contributed by atoms with Gasteiger partial charge in [0.1, 0.15) is 6.04 Å². The first-order valence-corrected chi connectivity index (χ1v) is 8.59. The van der Waals surface area contributed by atoms with Gasteiger partial charge in [-0.05, 0) is 24.9 Å². The Balaban J connectivity index is 4.16. The van der Waals surface area contributed by atoms with E-state index in [9.17, 15) is 9.00 Å². The molecule has 0 bridgehead atoms. The molecule has 17 heavy (non-hydrogen) atoms. The molecule has 102 valence electrons. The van der Waals surface area contributed by atoms with Crippen molar-refractivity contribution in [3.8, 4) is 0 Å². The van der Waals surface area contributed by atoms with Crippen molar-refractivity contribution in [3.05, 3.63) is 0 Å². The van der Waals surface area contributed by atoms with E-state index in [2.05, 4.69) is 10.9 Å². The summed E-state index contributed by atoms with van der Waals surface area (Å²) in [6.07, 6.45) is 5.76. The lowest BCUT2D eigenvalue weighted by Gasteiger charge is -2.20. The quantitative estimate of drug-likeness (QED) is 0.514. The fourth-order valence-electron chi connectivity index (χ4n) is 1.27. The van der Waals surface area contributed by atoms with Gasteiger partial charge in [-0.25, -0.2) is 10.9 Å². The van der Waals surface area contributed by atoms with E-state index in [1.165, 1.54) is 0 Å². The molecule has 0 amide bonds. The summed E-state index contributed by atoms with van der Waals surface area (Å²) in [5.41, 5.74) is 5.63. The number of rotatable bonds is 10. The summed E-state index contributed by atoms with van der Waals surface area (Å²) in [7, 11) is -1.01. The summed E-state index contributed by atoms with van der Waals surface area (Å²) in [6, 6.07) is -0.634. The minimum absolute atomic E-state index is 0.198. The van der Waals surface area contributed by atoms with Crippen LogP contribution in [0.3, 0.4) is 0 Å². The maximum absolute atomic E-state index is 11.4. The van der Waals surface area contributed by atoms with E-state index in [-0.39, 0.29) is 5.37 Å². The molecular formula is C10H22N2O3S2. The third-order valence-electron chi connectivity index (χ3n) is 2.28. The van der Waals surface area contributed by atoms with Gasteiger partial charge in [0.25, 0.3) is 0 Å². The highest BCUT2D eigenvalue weighted by molar-refractivity contribution is 7.98. The minimum atomic E-state index is -1.01. The fraction of sp³-hybridized carbons (Fsp3) is 0.900. The van der Waals surface area contributed by atoms with Crippen LogP contribution in [0.25, 0.3) is 0 Å². The largest absolute Gasteiger partial charge is 0.480 e. The van der Waals surface area contributed by atoms with Crippen LogP contribution in [0.1, 0.15) is 26.2 Å². The zero-order valence-corrected chi connectivity index (χ0v) is 12.2. The lowest BCUT2D eigenvalue weighted by molar-refractivity contribution is -0.139. The predicted molar refractivity (Wildman–Crippen MR) is 73.5 cm³/mol. The van der Waals surface area contributed by atoms with Crippen LogP contribution in [0.15, 0.2) is 0 Å². The van der Waals surface area contributed by atoms with Gasteiger partial charge in [0.05, 0.1) is 5.37 Å². The van der Waals surface area contributed by atoms with Crippen LogP contribution >= 0.6 is 11.8 Å². The molecule has 0 spiro atoms. The Morgan fingerprint density at radius 1 is 1.41 bits per heavy atom. The van der Waals surface area contributed by atoms with E-state index < -0.39 is 22.8 Å². The average molecular weight is 282 g/mol. The highest BCUT2D eigenvalue weighted by Gasteiger charge is 2.19. The zero-order valence-electron chi connectivity index (χ0n) is 10.6. The second-order valence-electron chi connectivity index (χ2n) is 3.74. The zero-order chi connectivity index (χ0) is 13.3. The summed E-state index contributed by atoms with van der Waals surface area (Å²) in [5, 5.41) is 8.80. The maximum Gasteiger partial charge on any atom is 0.322 e. The van der Waals surface area contributed by atoms with Crippen molar-refractivity contribution in [2.24, 2.45) is 0 Å². The summed E-state index contributed by atoms with van der Waals surface area (Å²) in [5.74, 6) is -0.108. The molecule has 5 nitrogen and oxygen atoms in total. The SMILES string of the molecule is CCCC(NNC(CCSC)C(=O)O)S(C)=O. The van der Waals surface area contributed by atoms with Gasteiger partial charge >= 0.3 is 5.97 Å². The molecular weight excluding hydrogens is 260 g/mol. The van der Waals surface area contributed by atoms with Gasteiger partial charge in [0.15, 0.2) is 0 Å². The first-order chi connectivity index (χ1) is 8.02. The molecule has 0 saturated heterocycles. The number of carboxylic acids is 1. The average Bonchev–Trinajstić information content (AvgIpc) is 2.26. The number of hydrogen-bond donors (Lipinski definition) is 3. The van der Waals surface area contributed by atoms with Crippen molar-refractivity contribution >= 4 is 28.5 Å². The van der Waals surface area contributed by atoms with Crippen LogP contribution in [0.2, 0.25) is 0 Å². The van der Waals surface area contributed by atoms with Crippen LogP contribution < -0.4 is 10.9 Å². The Labute approximate surface area is 110 Å². The maximum atomic E-state index is 11.4. The van der Waals surface area contributed by atoms with Crippen molar-refractivity contribution in [2.45, 2.75) is 37.6 Å². The van der Waals surface area contributed by atoms with Crippen molar-refractivity contribution < 1.29 is 14.1 Å². The summed E-state index contributed by atoms with van der Waals surface area (Å²) in [6.45, 7) is 2.00. The number of carboxylic acid groups (broad SMARTS) is 1. The van der Waals surface area contributed by atoms with Gasteiger partial charge in [-0.15, -0.1) is 0 Å². The van der Waals surface area contributed by atoms with E-state index in [4.69, 9.17) is 5.11 Å². The van der Waals surface area contributed by atoms with E-state index in [1.54, 1.807) is 18.0 Å². The molecule has 3 atom stereocenters. The van der Waals surface area contributed by atoms with Crippen LogP contribution in [-0.4, -0.2) is 45.0 Å². The van der Waals surface area contributed by atoms with Gasteiger partial charge in [-0.2, -0.15) is 11.8 Å².